The van der Waals surface area contributed by atoms with Crippen LogP contribution in [0, 0.1) is 6.92 Å². The monoisotopic (exact) mass is 368 g/mol. The smallest absolute Gasteiger partial charge is 0.277 e. The number of amides is 1. The Labute approximate surface area is 134 Å². The Morgan fingerprint density at radius 2 is 1.81 bits per heavy atom. The minimum absolute atomic E-state index is 0.0358. The van der Waals surface area contributed by atoms with Crippen LogP contribution < -0.4 is 5.32 Å². The van der Waals surface area contributed by atoms with Gasteiger partial charge < -0.3 is 9.84 Å². The van der Waals surface area contributed by atoms with Crippen LogP contribution in [0.5, 0.6) is 0 Å². The molecule has 0 unspecified atom stereocenters. The summed E-state index contributed by atoms with van der Waals surface area (Å²) >= 11 is 11.8. The predicted octanol–water partition coefficient (Wildman–Crippen LogP) is 3.47. The van der Waals surface area contributed by atoms with Gasteiger partial charge in [0.2, 0.25) is 0 Å². The van der Waals surface area contributed by atoms with Gasteiger partial charge in [-0.05, 0) is 19.1 Å². The Balaban J connectivity index is 2.35. The van der Waals surface area contributed by atoms with Crippen molar-refractivity contribution < 1.29 is 17.7 Å². The third-order valence-electron chi connectivity index (χ3n) is 2.40. The van der Waals surface area contributed by atoms with E-state index in [9.17, 15) is 13.2 Å². The van der Waals surface area contributed by atoms with Crippen molar-refractivity contribution >= 4 is 54.5 Å². The second-order valence-corrected chi connectivity index (χ2v) is 7.36. The lowest BCUT2D eigenvalue weighted by molar-refractivity contribution is 0.101. The summed E-state index contributed by atoms with van der Waals surface area (Å²) in [6.45, 7) is 1.63. The highest BCUT2D eigenvalue weighted by Crippen LogP contribution is 2.34. The number of halogens is 3. The molecular weight excluding hydrogens is 363 g/mol. The first-order valence-corrected chi connectivity index (χ1v) is 8.43. The molecule has 1 aromatic heterocycles. The SMILES string of the molecule is Cc1cc(C(=O)Nc2c(Cl)cc(S(=O)(=O)Cl)cc2Cl)no1. The maximum absolute atomic E-state index is 11.9. The van der Waals surface area contributed by atoms with E-state index >= 15 is 0 Å². The zero-order chi connectivity index (χ0) is 15.8. The van der Waals surface area contributed by atoms with E-state index in [1.807, 2.05) is 0 Å². The summed E-state index contributed by atoms with van der Waals surface area (Å²) in [5.74, 6) is -0.141. The van der Waals surface area contributed by atoms with Gasteiger partial charge in [-0.15, -0.1) is 0 Å². The molecule has 0 saturated carbocycles. The fourth-order valence-electron chi connectivity index (χ4n) is 1.46. The number of nitrogens with zero attached hydrogens (tertiary/aromatic N) is 1. The van der Waals surface area contributed by atoms with Crippen LogP contribution in [0.2, 0.25) is 10.0 Å². The van der Waals surface area contributed by atoms with E-state index < -0.39 is 15.0 Å². The van der Waals surface area contributed by atoms with E-state index in [1.165, 1.54) is 6.07 Å². The van der Waals surface area contributed by atoms with Crippen LogP contribution in [0.3, 0.4) is 0 Å². The fraction of sp³-hybridized carbons (Fsp3) is 0.0909. The first-order chi connectivity index (χ1) is 9.68. The minimum atomic E-state index is -3.98. The van der Waals surface area contributed by atoms with Crippen LogP contribution in [0.25, 0.3) is 0 Å². The van der Waals surface area contributed by atoms with E-state index in [0.717, 1.165) is 12.1 Å². The largest absolute Gasteiger partial charge is 0.361 e. The molecule has 6 nitrogen and oxygen atoms in total. The molecule has 0 bridgehead atoms. The highest BCUT2D eigenvalue weighted by atomic mass is 35.7. The van der Waals surface area contributed by atoms with Crippen LogP contribution in [-0.4, -0.2) is 19.5 Å². The summed E-state index contributed by atoms with van der Waals surface area (Å²) in [7, 11) is 1.23. The molecule has 0 aliphatic heterocycles. The lowest BCUT2D eigenvalue weighted by atomic mass is 10.3. The van der Waals surface area contributed by atoms with Gasteiger partial charge >= 0.3 is 0 Å². The van der Waals surface area contributed by atoms with Gasteiger partial charge in [-0.3, -0.25) is 4.79 Å². The molecule has 0 aliphatic carbocycles. The zero-order valence-corrected chi connectivity index (χ0v) is 13.4. The van der Waals surface area contributed by atoms with Gasteiger partial charge in [-0.2, -0.15) is 0 Å². The molecule has 0 atom stereocenters. The maximum atomic E-state index is 11.9. The summed E-state index contributed by atoms with van der Waals surface area (Å²) in [6, 6.07) is 3.59. The molecule has 0 spiro atoms. The predicted molar refractivity (Wildman–Crippen MR) is 78.7 cm³/mol. The Kier molecular flexibility index (Phi) is 4.48. The summed E-state index contributed by atoms with van der Waals surface area (Å²) < 4.78 is 27.2. The number of hydrogen-bond donors (Lipinski definition) is 1. The molecule has 1 aromatic carbocycles. The fourth-order valence-corrected chi connectivity index (χ4v) is 2.96. The normalized spacial score (nSPS) is 11.4. The number of nitrogens with one attached hydrogen (secondary N) is 1. The van der Waals surface area contributed by atoms with Crippen molar-refractivity contribution in [3.05, 3.63) is 39.7 Å². The summed E-state index contributed by atoms with van der Waals surface area (Å²) in [6.07, 6.45) is 0. The van der Waals surface area contributed by atoms with E-state index in [1.54, 1.807) is 6.92 Å². The second-order valence-electron chi connectivity index (χ2n) is 3.98. The van der Waals surface area contributed by atoms with Crippen molar-refractivity contribution in [2.45, 2.75) is 11.8 Å². The van der Waals surface area contributed by atoms with Gasteiger partial charge in [-0.1, -0.05) is 28.4 Å². The number of carbonyl (C=O) groups is 1. The van der Waals surface area contributed by atoms with Crippen molar-refractivity contribution in [3.63, 3.8) is 0 Å². The Morgan fingerprint density at radius 3 is 2.24 bits per heavy atom. The van der Waals surface area contributed by atoms with Crippen LogP contribution in [0.1, 0.15) is 16.2 Å². The Morgan fingerprint density at radius 1 is 1.24 bits per heavy atom. The minimum Gasteiger partial charge on any atom is -0.361 e. The molecule has 2 aromatic rings. The lowest BCUT2D eigenvalue weighted by Gasteiger charge is -2.09. The summed E-state index contributed by atoms with van der Waals surface area (Å²) in [4.78, 5) is 11.6. The van der Waals surface area contributed by atoms with Crippen LogP contribution >= 0.6 is 33.9 Å². The molecule has 112 valence electrons. The van der Waals surface area contributed by atoms with E-state index in [-0.39, 0.29) is 26.3 Å². The van der Waals surface area contributed by atoms with Crippen LogP contribution in [0.15, 0.2) is 27.6 Å². The van der Waals surface area contributed by atoms with Crippen molar-refractivity contribution in [2.24, 2.45) is 0 Å². The molecular formula is C11H7Cl3N2O4S. The van der Waals surface area contributed by atoms with Gasteiger partial charge in [0, 0.05) is 16.7 Å². The highest BCUT2D eigenvalue weighted by molar-refractivity contribution is 8.13. The average Bonchev–Trinajstić information content (AvgIpc) is 2.79. The third-order valence-corrected chi connectivity index (χ3v) is 4.33. The Bertz CT molecular complexity index is 794. The molecule has 10 heteroatoms. The number of benzene rings is 1. The standard InChI is InChI=1S/C11H7Cl3N2O4S/c1-5-2-9(16-20-5)11(17)15-10-7(12)3-6(4-8(10)13)21(14,18)19/h2-4H,1H3,(H,15,17). The van der Waals surface area contributed by atoms with Crippen LogP contribution in [0.4, 0.5) is 5.69 Å². The highest BCUT2D eigenvalue weighted by Gasteiger charge is 2.19. The first-order valence-electron chi connectivity index (χ1n) is 5.37. The molecule has 0 radical (unpaired) electrons. The molecule has 1 heterocycles. The van der Waals surface area contributed by atoms with Gasteiger partial charge in [0.15, 0.2) is 5.69 Å². The maximum Gasteiger partial charge on any atom is 0.277 e. The lowest BCUT2D eigenvalue weighted by Crippen LogP contribution is -2.13. The molecule has 21 heavy (non-hydrogen) atoms. The van der Waals surface area contributed by atoms with E-state index in [4.69, 9.17) is 38.4 Å². The third kappa shape index (κ3) is 3.68. The number of carbonyl (C=O) groups excluding carboxylic acids is 1. The average molecular weight is 370 g/mol. The van der Waals surface area contributed by atoms with Gasteiger partial charge in [-0.25, -0.2) is 8.42 Å². The summed E-state index contributed by atoms with van der Waals surface area (Å²) in [5.41, 5.74) is 0.0849. The molecule has 2 rings (SSSR count). The summed E-state index contributed by atoms with van der Waals surface area (Å²) in [5, 5.41) is 5.81. The van der Waals surface area contributed by atoms with E-state index in [2.05, 4.69) is 10.5 Å². The number of aryl methyl sites for hydroxylation is 1. The molecule has 0 saturated heterocycles. The van der Waals surface area contributed by atoms with Gasteiger partial charge in [0.25, 0.3) is 15.0 Å². The number of anilines is 1. The van der Waals surface area contributed by atoms with Crippen LogP contribution in [-0.2, 0) is 9.05 Å². The topological polar surface area (TPSA) is 89.3 Å². The van der Waals surface area contributed by atoms with Crippen molar-refractivity contribution in [1.82, 2.24) is 5.16 Å². The number of rotatable bonds is 3. The van der Waals surface area contributed by atoms with E-state index in [0.29, 0.717) is 5.76 Å². The second kappa shape index (κ2) is 5.84. The van der Waals surface area contributed by atoms with Crippen molar-refractivity contribution in [2.75, 3.05) is 5.32 Å². The quantitative estimate of drug-likeness (QED) is 0.837. The molecule has 1 N–H and O–H groups in total. The molecule has 0 fully saturated rings. The molecule has 1 amide bonds. The first kappa shape index (κ1) is 16.1. The van der Waals surface area contributed by atoms with Crippen molar-refractivity contribution in [1.29, 1.82) is 0 Å². The number of hydrogen-bond acceptors (Lipinski definition) is 5. The van der Waals surface area contributed by atoms with Gasteiger partial charge in [0.1, 0.15) is 5.76 Å². The number of aromatic nitrogens is 1. The Hall–Kier alpha value is -1.28. The molecule has 0 aliphatic rings. The zero-order valence-electron chi connectivity index (χ0n) is 10.4. The van der Waals surface area contributed by atoms with Gasteiger partial charge in [0.05, 0.1) is 20.6 Å². The van der Waals surface area contributed by atoms with Crippen molar-refractivity contribution in [3.8, 4) is 0 Å².